The maximum absolute atomic E-state index is 12.9. The minimum Gasteiger partial charge on any atom is -0.439 e. The van der Waals surface area contributed by atoms with Crippen LogP contribution in [0.25, 0.3) is 0 Å². The van der Waals surface area contributed by atoms with Crippen LogP contribution in [-0.4, -0.2) is 67.2 Å². The van der Waals surface area contributed by atoms with Crippen molar-refractivity contribution in [3.63, 3.8) is 0 Å². The van der Waals surface area contributed by atoms with Gasteiger partial charge in [-0.2, -0.15) is 0 Å². The fraction of sp³-hybridized carbons (Fsp3) is 0.579. The highest BCUT2D eigenvalue weighted by Crippen LogP contribution is 2.32. The average Bonchev–Trinajstić information content (AvgIpc) is 3.08. The summed E-state index contributed by atoms with van der Waals surface area (Å²) in [5, 5.41) is 0. The molecule has 0 N–H and O–H groups in total. The number of anilines is 1. The number of aryl methyl sites for hydroxylation is 2. The summed E-state index contributed by atoms with van der Waals surface area (Å²) in [4.78, 5) is 30.3. The van der Waals surface area contributed by atoms with Gasteiger partial charge in [0.15, 0.2) is 0 Å². The number of ether oxygens (including phenoxy) is 1. The van der Waals surface area contributed by atoms with E-state index in [0.717, 1.165) is 38.0 Å². The van der Waals surface area contributed by atoms with Gasteiger partial charge >= 0.3 is 6.09 Å². The fourth-order valence-electron chi connectivity index (χ4n) is 4.33. The second-order valence-corrected chi connectivity index (χ2v) is 7.65. The number of carbonyl (C=O) groups is 2. The highest BCUT2D eigenvalue weighted by molar-refractivity contribution is 5.96. The molecule has 1 aromatic carbocycles. The summed E-state index contributed by atoms with van der Waals surface area (Å²) >= 11 is 0. The van der Waals surface area contributed by atoms with Gasteiger partial charge in [-0.25, -0.2) is 4.79 Å². The SMILES string of the molecule is Cc1ccc2c(c1)CCCN2C(=O)CN1CC[C@]2(C1)CN(C)C(=O)O2. The molecule has 0 bridgehead atoms. The maximum atomic E-state index is 12.9. The zero-order valence-electron chi connectivity index (χ0n) is 15.0. The number of hydrogen-bond acceptors (Lipinski definition) is 4. The number of likely N-dealkylation sites (N-methyl/N-ethyl adjacent to an activating group) is 1. The van der Waals surface area contributed by atoms with E-state index in [1.54, 1.807) is 11.9 Å². The lowest BCUT2D eigenvalue weighted by Gasteiger charge is -2.31. The lowest BCUT2D eigenvalue weighted by molar-refractivity contribution is -0.119. The highest BCUT2D eigenvalue weighted by atomic mass is 16.6. The first-order chi connectivity index (χ1) is 12.0. The Balaban J connectivity index is 1.43. The monoisotopic (exact) mass is 343 g/mol. The summed E-state index contributed by atoms with van der Waals surface area (Å²) < 4.78 is 5.57. The van der Waals surface area contributed by atoms with Crippen molar-refractivity contribution in [3.8, 4) is 0 Å². The van der Waals surface area contributed by atoms with E-state index >= 15 is 0 Å². The van der Waals surface area contributed by atoms with Crippen LogP contribution in [-0.2, 0) is 16.0 Å². The Morgan fingerprint density at radius 1 is 1.28 bits per heavy atom. The van der Waals surface area contributed by atoms with Gasteiger partial charge in [-0.1, -0.05) is 17.7 Å². The van der Waals surface area contributed by atoms with Crippen molar-refractivity contribution in [2.24, 2.45) is 0 Å². The molecule has 3 aliphatic heterocycles. The normalized spacial score (nSPS) is 26.2. The van der Waals surface area contributed by atoms with Gasteiger partial charge in [-0.05, 0) is 31.4 Å². The largest absolute Gasteiger partial charge is 0.439 e. The van der Waals surface area contributed by atoms with E-state index in [1.165, 1.54) is 11.1 Å². The number of fused-ring (bicyclic) bond motifs is 1. The number of hydrogen-bond donors (Lipinski definition) is 0. The van der Waals surface area contributed by atoms with Crippen LogP contribution >= 0.6 is 0 Å². The molecule has 6 nitrogen and oxygen atoms in total. The van der Waals surface area contributed by atoms with Crippen molar-refractivity contribution in [2.75, 3.05) is 44.7 Å². The highest BCUT2D eigenvalue weighted by Gasteiger charge is 2.48. The Kier molecular flexibility index (Phi) is 3.95. The van der Waals surface area contributed by atoms with Gasteiger partial charge in [0.25, 0.3) is 0 Å². The molecule has 0 aliphatic carbocycles. The van der Waals surface area contributed by atoms with Gasteiger partial charge in [0.2, 0.25) is 5.91 Å². The van der Waals surface area contributed by atoms with Crippen molar-refractivity contribution in [1.29, 1.82) is 0 Å². The molecule has 134 valence electrons. The first kappa shape index (κ1) is 16.4. The van der Waals surface area contributed by atoms with Crippen molar-refractivity contribution in [3.05, 3.63) is 29.3 Å². The lowest BCUT2D eigenvalue weighted by atomic mass is 9.99. The Labute approximate surface area is 148 Å². The fourth-order valence-corrected chi connectivity index (χ4v) is 4.33. The Bertz CT molecular complexity index is 720. The van der Waals surface area contributed by atoms with Gasteiger partial charge in [-0.3, -0.25) is 9.69 Å². The van der Waals surface area contributed by atoms with Crippen LogP contribution in [0.15, 0.2) is 18.2 Å². The zero-order valence-corrected chi connectivity index (χ0v) is 15.0. The minimum atomic E-state index is -0.428. The Hall–Kier alpha value is -2.08. The molecule has 0 radical (unpaired) electrons. The molecule has 3 heterocycles. The van der Waals surface area contributed by atoms with Gasteiger partial charge in [0, 0.05) is 38.8 Å². The van der Waals surface area contributed by atoms with E-state index in [0.29, 0.717) is 19.6 Å². The second-order valence-electron chi connectivity index (χ2n) is 7.65. The third-order valence-corrected chi connectivity index (χ3v) is 5.55. The Morgan fingerprint density at radius 2 is 2.12 bits per heavy atom. The third-order valence-electron chi connectivity index (χ3n) is 5.55. The summed E-state index contributed by atoms with van der Waals surface area (Å²) in [7, 11) is 1.76. The molecule has 0 saturated carbocycles. The first-order valence-corrected chi connectivity index (χ1v) is 9.02. The van der Waals surface area contributed by atoms with Crippen molar-refractivity contribution in [2.45, 2.75) is 31.8 Å². The van der Waals surface area contributed by atoms with E-state index < -0.39 is 5.60 Å². The number of nitrogens with zero attached hydrogens (tertiary/aromatic N) is 3. The molecule has 1 aromatic rings. The van der Waals surface area contributed by atoms with Crippen molar-refractivity contribution >= 4 is 17.7 Å². The number of likely N-dealkylation sites (tertiary alicyclic amines) is 1. The van der Waals surface area contributed by atoms with Gasteiger partial charge in [-0.15, -0.1) is 0 Å². The summed E-state index contributed by atoms with van der Waals surface area (Å²) in [5.74, 6) is 0.138. The molecule has 6 heteroatoms. The molecule has 0 aromatic heterocycles. The smallest absolute Gasteiger partial charge is 0.410 e. The van der Waals surface area contributed by atoms with Crippen LogP contribution in [0.2, 0.25) is 0 Å². The van der Waals surface area contributed by atoms with E-state index in [-0.39, 0.29) is 12.0 Å². The molecular weight excluding hydrogens is 318 g/mol. The molecule has 2 saturated heterocycles. The third kappa shape index (κ3) is 2.99. The molecule has 0 unspecified atom stereocenters. The van der Waals surface area contributed by atoms with Crippen LogP contribution in [0.5, 0.6) is 0 Å². The number of amides is 2. The second kappa shape index (κ2) is 6.02. The zero-order chi connectivity index (χ0) is 17.6. The molecular formula is C19H25N3O3. The topological polar surface area (TPSA) is 53.1 Å². The standard InChI is InChI=1S/C19H25N3O3/c1-14-5-6-16-15(10-14)4-3-8-22(16)17(23)11-21-9-7-19(13-21)12-20(2)18(24)25-19/h5-6,10H,3-4,7-9,11-13H2,1-2H3/t19-/m1/s1. The molecule has 1 spiro atoms. The van der Waals surface area contributed by atoms with E-state index in [2.05, 4.69) is 30.0 Å². The molecule has 25 heavy (non-hydrogen) atoms. The molecule has 1 atom stereocenters. The van der Waals surface area contributed by atoms with Crippen LogP contribution in [0, 0.1) is 6.92 Å². The average molecular weight is 343 g/mol. The molecule has 4 rings (SSSR count). The lowest BCUT2D eigenvalue weighted by Crippen LogP contribution is -2.44. The van der Waals surface area contributed by atoms with E-state index in [4.69, 9.17) is 4.74 Å². The van der Waals surface area contributed by atoms with Gasteiger partial charge in [0.1, 0.15) is 5.60 Å². The maximum Gasteiger partial charge on any atom is 0.410 e. The van der Waals surface area contributed by atoms with Crippen LogP contribution in [0.1, 0.15) is 24.0 Å². The summed E-state index contributed by atoms with van der Waals surface area (Å²) in [5.41, 5.74) is 3.14. The quantitative estimate of drug-likeness (QED) is 0.822. The predicted molar refractivity (Wildman–Crippen MR) is 94.8 cm³/mol. The number of benzene rings is 1. The van der Waals surface area contributed by atoms with Crippen molar-refractivity contribution < 1.29 is 14.3 Å². The summed E-state index contributed by atoms with van der Waals surface area (Å²) in [6, 6.07) is 6.33. The summed E-state index contributed by atoms with van der Waals surface area (Å²) in [6.45, 7) is 5.31. The molecule has 2 amide bonds. The van der Waals surface area contributed by atoms with E-state index in [9.17, 15) is 9.59 Å². The minimum absolute atomic E-state index is 0.138. The Morgan fingerprint density at radius 3 is 2.88 bits per heavy atom. The van der Waals surface area contributed by atoms with Crippen LogP contribution in [0.4, 0.5) is 10.5 Å². The number of rotatable bonds is 2. The van der Waals surface area contributed by atoms with Crippen molar-refractivity contribution in [1.82, 2.24) is 9.80 Å². The van der Waals surface area contributed by atoms with E-state index in [1.807, 2.05) is 4.90 Å². The molecule has 2 fully saturated rings. The summed E-state index contributed by atoms with van der Waals surface area (Å²) in [6.07, 6.45) is 2.59. The van der Waals surface area contributed by atoms with Gasteiger partial charge in [0.05, 0.1) is 13.1 Å². The molecule has 3 aliphatic rings. The van der Waals surface area contributed by atoms with Crippen LogP contribution in [0.3, 0.4) is 0 Å². The number of carbonyl (C=O) groups excluding carboxylic acids is 2. The predicted octanol–water partition coefficient (Wildman–Crippen LogP) is 1.80. The first-order valence-electron chi connectivity index (χ1n) is 9.02. The van der Waals surface area contributed by atoms with Gasteiger partial charge < -0.3 is 14.5 Å². The van der Waals surface area contributed by atoms with Crippen LogP contribution < -0.4 is 4.90 Å².